The van der Waals surface area contributed by atoms with E-state index in [0.29, 0.717) is 5.92 Å². The fourth-order valence-electron chi connectivity index (χ4n) is 1.21. The van der Waals surface area contributed by atoms with Gasteiger partial charge in [-0.1, -0.05) is 0 Å². The number of carbonyl (C=O) groups is 1. The number of hydrogen-bond donors (Lipinski definition) is 1. The van der Waals surface area contributed by atoms with Gasteiger partial charge in [-0.2, -0.15) is 5.26 Å². The molecule has 0 bridgehead atoms. The van der Waals surface area contributed by atoms with E-state index in [1.165, 1.54) is 0 Å². The number of halogens is 1. The molecule has 0 aromatic rings. The Balaban J connectivity index is 2.56. The number of alkyl halides is 1. The fraction of sp³-hybridized carbons (Fsp3) is 0.750. The summed E-state index contributed by atoms with van der Waals surface area (Å²) >= 11 is 5.32. The van der Waals surface area contributed by atoms with E-state index in [1.54, 1.807) is 6.92 Å². The van der Waals surface area contributed by atoms with Crippen LogP contribution in [-0.4, -0.2) is 17.3 Å². The van der Waals surface area contributed by atoms with Crippen LogP contribution < -0.4 is 5.32 Å². The first-order valence-electron chi connectivity index (χ1n) is 3.90. The van der Waals surface area contributed by atoms with Crippen molar-refractivity contribution in [3.8, 4) is 6.07 Å². The molecular weight excluding hydrogens is 176 g/mol. The summed E-state index contributed by atoms with van der Waals surface area (Å²) in [6.45, 7) is 1.75. The lowest BCUT2D eigenvalue weighted by atomic mass is 9.98. The Hall–Kier alpha value is -0.750. The molecule has 0 unspecified atom stereocenters. The highest BCUT2D eigenvalue weighted by Gasteiger charge is 2.42. The summed E-state index contributed by atoms with van der Waals surface area (Å²) in [5.74, 6) is -0.0356. The van der Waals surface area contributed by atoms with E-state index in [0.717, 1.165) is 12.8 Å². The molecule has 0 radical (unpaired) electrons. The van der Waals surface area contributed by atoms with Crippen molar-refractivity contribution in [1.82, 2.24) is 5.32 Å². The normalized spacial score (nSPS) is 20.8. The summed E-state index contributed by atoms with van der Waals surface area (Å²) in [4.78, 5) is 10.9. The number of rotatable bonds is 3. The maximum absolute atomic E-state index is 10.9. The minimum atomic E-state index is -0.702. The van der Waals surface area contributed by atoms with Crippen LogP contribution in [-0.2, 0) is 4.79 Å². The van der Waals surface area contributed by atoms with Crippen molar-refractivity contribution in [3.63, 3.8) is 0 Å². The monoisotopic (exact) mass is 186 g/mol. The highest BCUT2D eigenvalue weighted by Crippen LogP contribution is 2.39. The first-order chi connectivity index (χ1) is 5.62. The van der Waals surface area contributed by atoms with Gasteiger partial charge in [0.15, 0.2) is 0 Å². The fourth-order valence-corrected chi connectivity index (χ4v) is 1.27. The first kappa shape index (κ1) is 9.34. The maximum atomic E-state index is 10.9. The van der Waals surface area contributed by atoms with Crippen molar-refractivity contribution in [2.75, 3.05) is 5.88 Å². The smallest absolute Gasteiger partial charge is 0.236 e. The van der Waals surface area contributed by atoms with Crippen molar-refractivity contribution >= 4 is 17.5 Å². The third-order valence-electron chi connectivity index (χ3n) is 2.15. The van der Waals surface area contributed by atoms with Gasteiger partial charge >= 0.3 is 0 Å². The van der Waals surface area contributed by atoms with Gasteiger partial charge in [-0.05, 0) is 25.7 Å². The third-order valence-corrected chi connectivity index (χ3v) is 2.39. The zero-order chi connectivity index (χ0) is 9.19. The molecule has 4 heteroatoms. The largest absolute Gasteiger partial charge is 0.337 e. The molecule has 1 aliphatic carbocycles. The minimum absolute atomic E-state index is 0.0794. The second-order valence-electron chi connectivity index (χ2n) is 3.27. The molecule has 1 fully saturated rings. The van der Waals surface area contributed by atoms with Gasteiger partial charge in [-0.15, -0.1) is 11.6 Å². The summed E-state index contributed by atoms with van der Waals surface area (Å²) in [6, 6.07) is 2.12. The van der Waals surface area contributed by atoms with Crippen LogP contribution in [0.15, 0.2) is 0 Å². The van der Waals surface area contributed by atoms with Crippen LogP contribution in [0.4, 0.5) is 0 Å². The van der Waals surface area contributed by atoms with Gasteiger partial charge in [0.1, 0.15) is 11.4 Å². The Morgan fingerprint density at radius 3 is 2.75 bits per heavy atom. The van der Waals surface area contributed by atoms with Gasteiger partial charge in [-0.3, -0.25) is 4.79 Å². The Morgan fingerprint density at radius 1 is 1.83 bits per heavy atom. The average molecular weight is 187 g/mol. The van der Waals surface area contributed by atoms with Gasteiger partial charge in [-0.25, -0.2) is 0 Å². The quantitative estimate of drug-likeness (QED) is 0.670. The van der Waals surface area contributed by atoms with E-state index in [4.69, 9.17) is 16.9 Å². The molecule has 12 heavy (non-hydrogen) atoms. The van der Waals surface area contributed by atoms with Crippen LogP contribution in [0.25, 0.3) is 0 Å². The molecule has 66 valence electrons. The number of nitrogens with one attached hydrogen (secondary N) is 1. The third kappa shape index (κ3) is 1.89. The lowest BCUT2D eigenvalue weighted by Crippen LogP contribution is -2.47. The molecule has 0 aliphatic heterocycles. The molecule has 1 atom stereocenters. The van der Waals surface area contributed by atoms with Crippen LogP contribution in [0.2, 0.25) is 0 Å². The molecule has 1 rings (SSSR count). The standard InChI is InChI=1S/C8H11ClN2O/c1-8(5-10,6-2-3-6)11-7(12)4-9/h6H,2-4H2,1H3,(H,11,12)/t8-/m0/s1. The van der Waals surface area contributed by atoms with E-state index in [-0.39, 0.29) is 11.8 Å². The summed E-state index contributed by atoms with van der Waals surface area (Å²) in [7, 11) is 0. The van der Waals surface area contributed by atoms with E-state index in [9.17, 15) is 4.79 Å². The molecule has 0 aromatic heterocycles. The first-order valence-corrected chi connectivity index (χ1v) is 4.44. The molecule has 1 N–H and O–H groups in total. The zero-order valence-corrected chi connectivity index (χ0v) is 7.69. The molecule has 1 saturated carbocycles. The SMILES string of the molecule is C[C@@](C#N)(NC(=O)CCl)C1CC1. The molecular formula is C8H11ClN2O. The van der Waals surface area contributed by atoms with Gasteiger partial charge in [0.2, 0.25) is 5.91 Å². The van der Waals surface area contributed by atoms with Gasteiger partial charge in [0.05, 0.1) is 6.07 Å². The van der Waals surface area contributed by atoms with E-state index < -0.39 is 5.54 Å². The topological polar surface area (TPSA) is 52.9 Å². The van der Waals surface area contributed by atoms with Crippen LogP contribution >= 0.6 is 11.6 Å². The number of hydrogen-bond acceptors (Lipinski definition) is 2. The van der Waals surface area contributed by atoms with Crippen molar-refractivity contribution < 1.29 is 4.79 Å². The Bertz CT molecular complexity index is 232. The van der Waals surface area contributed by atoms with Gasteiger partial charge in [0.25, 0.3) is 0 Å². The van der Waals surface area contributed by atoms with Crippen LogP contribution in [0.5, 0.6) is 0 Å². The summed E-state index contributed by atoms with van der Waals surface area (Å²) < 4.78 is 0. The minimum Gasteiger partial charge on any atom is -0.337 e. The van der Waals surface area contributed by atoms with Crippen molar-refractivity contribution in [3.05, 3.63) is 0 Å². The van der Waals surface area contributed by atoms with Crippen molar-refractivity contribution in [1.29, 1.82) is 5.26 Å². The average Bonchev–Trinajstić information content (AvgIpc) is 2.86. The van der Waals surface area contributed by atoms with E-state index >= 15 is 0 Å². The van der Waals surface area contributed by atoms with Gasteiger partial charge in [0, 0.05) is 0 Å². The second kappa shape index (κ2) is 3.32. The molecule has 1 aliphatic rings. The van der Waals surface area contributed by atoms with E-state index in [2.05, 4.69) is 11.4 Å². The van der Waals surface area contributed by atoms with Crippen molar-refractivity contribution in [2.24, 2.45) is 5.92 Å². The summed E-state index contributed by atoms with van der Waals surface area (Å²) in [5.41, 5.74) is -0.702. The zero-order valence-electron chi connectivity index (χ0n) is 6.93. The Labute approximate surface area is 76.7 Å². The predicted molar refractivity (Wildman–Crippen MR) is 45.6 cm³/mol. The molecule has 0 spiro atoms. The molecule has 3 nitrogen and oxygen atoms in total. The van der Waals surface area contributed by atoms with Gasteiger partial charge < -0.3 is 5.32 Å². The maximum Gasteiger partial charge on any atom is 0.236 e. The Morgan fingerprint density at radius 2 is 2.42 bits per heavy atom. The lowest BCUT2D eigenvalue weighted by molar-refractivity contribution is -0.120. The molecule has 0 heterocycles. The number of nitrogens with zero attached hydrogens (tertiary/aromatic N) is 1. The summed E-state index contributed by atoms with van der Waals surface area (Å²) in [6.07, 6.45) is 2.04. The second-order valence-corrected chi connectivity index (χ2v) is 3.54. The molecule has 1 amide bonds. The highest BCUT2D eigenvalue weighted by atomic mass is 35.5. The number of amides is 1. The predicted octanol–water partition coefficient (Wildman–Crippen LogP) is 1.03. The van der Waals surface area contributed by atoms with Crippen LogP contribution in [0.3, 0.4) is 0 Å². The number of carbonyl (C=O) groups excluding carboxylic acids is 1. The molecule has 0 aromatic carbocycles. The van der Waals surface area contributed by atoms with E-state index in [1.807, 2.05) is 0 Å². The van der Waals surface area contributed by atoms with Crippen LogP contribution in [0, 0.1) is 17.2 Å². The summed E-state index contributed by atoms with van der Waals surface area (Å²) in [5, 5.41) is 11.5. The number of nitriles is 1. The van der Waals surface area contributed by atoms with Crippen LogP contribution in [0.1, 0.15) is 19.8 Å². The van der Waals surface area contributed by atoms with Crippen molar-refractivity contribution in [2.45, 2.75) is 25.3 Å². The lowest BCUT2D eigenvalue weighted by Gasteiger charge is -2.21. The Kier molecular flexibility index (Phi) is 2.58. The highest BCUT2D eigenvalue weighted by molar-refractivity contribution is 6.27. The molecule has 0 saturated heterocycles.